The number of ether oxygens (including phenoxy) is 1. The summed E-state index contributed by atoms with van der Waals surface area (Å²) in [4.78, 5) is 30.9. The molecule has 7 heteroatoms. The first-order valence-corrected chi connectivity index (χ1v) is 11.6. The molecule has 1 N–H and O–H groups in total. The fourth-order valence-electron chi connectivity index (χ4n) is 3.63. The van der Waals surface area contributed by atoms with Crippen LogP contribution in [0.15, 0.2) is 82.7 Å². The van der Waals surface area contributed by atoms with Crippen molar-refractivity contribution in [3.05, 3.63) is 94.3 Å². The minimum absolute atomic E-state index is 0.121. The number of nitrogens with zero attached hydrogens (tertiary/aromatic N) is 2. The van der Waals surface area contributed by atoms with E-state index >= 15 is 0 Å². The van der Waals surface area contributed by atoms with Crippen LogP contribution in [0.3, 0.4) is 0 Å². The number of aromatic nitrogens is 2. The van der Waals surface area contributed by atoms with E-state index in [4.69, 9.17) is 9.72 Å². The van der Waals surface area contributed by atoms with Crippen LogP contribution in [0, 0.1) is 6.92 Å². The third-order valence-corrected chi connectivity index (χ3v) is 6.27. The number of para-hydroxylation sites is 1. The van der Waals surface area contributed by atoms with E-state index in [-0.39, 0.29) is 23.3 Å². The fraction of sp³-hybridized carbons (Fsp3) is 0.192. The Morgan fingerprint density at radius 3 is 2.58 bits per heavy atom. The maximum atomic E-state index is 13.5. The van der Waals surface area contributed by atoms with Crippen LogP contribution in [0.1, 0.15) is 24.1 Å². The highest BCUT2D eigenvalue weighted by molar-refractivity contribution is 7.99. The molecule has 0 aliphatic carbocycles. The number of carbonyl (C=O) groups is 1. The van der Waals surface area contributed by atoms with Crippen molar-refractivity contribution in [3.63, 3.8) is 0 Å². The molecule has 0 fully saturated rings. The molecule has 1 heterocycles. The third kappa shape index (κ3) is 4.93. The molecule has 33 heavy (non-hydrogen) atoms. The number of nitrogens with one attached hydrogen (secondary N) is 1. The lowest BCUT2D eigenvalue weighted by Crippen LogP contribution is -2.29. The zero-order valence-corrected chi connectivity index (χ0v) is 19.6. The van der Waals surface area contributed by atoms with Gasteiger partial charge in [0.2, 0.25) is 5.91 Å². The zero-order valence-electron chi connectivity index (χ0n) is 18.7. The Balaban J connectivity index is 1.68. The van der Waals surface area contributed by atoms with E-state index < -0.39 is 0 Å². The summed E-state index contributed by atoms with van der Waals surface area (Å²) >= 11 is 1.23. The molecule has 1 atom stereocenters. The number of rotatable bonds is 7. The second-order valence-corrected chi connectivity index (χ2v) is 8.66. The normalized spacial score (nSPS) is 11.8. The quantitative estimate of drug-likeness (QED) is 0.321. The molecular formula is C26H25N3O3S. The van der Waals surface area contributed by atoms with Gasteiger partial charge in [-0.15, -0.1) is 0 Å². The summed E-state index contributed by atoms with van der Waals surface area (Å²) in [6.07, 6.45) is 0. The van der Waals surface area contributed by atoms with Gasteiger partial charge in [0, 0.05) is 0 Å². The highest BCUT2D eigenvalue weighted by Gasteiger charge is 2.18. The Hall–Kier alpha value is -3.58. The van der Waals surface area contributed by atoms with E-state index in [1.54, 1.807) is 19.2 Å². The minimum Gasteiger partial charge on any atom is -0.495 e. The number of thioether (sulfide) groups is 1. The Morgan fingerprint density at radius 2 is 1.82 bits per heavy atom. The van der Waals surface area contributed by atoms with Crippen molar-refractivity contribution in [1.29, 1.82) is 0 Å². The molecule has 6 nitrogen and oxygen atoms in total. The van der Waals surface area contributed by atoms with Gasteiger partial charge in [0.15, 0.2) is 5.16 Å². The number of amides is 1. The molecule has 1 amide bonds. The van der Waals surface area contributed by atoms with E-state index in [2.05, 4.69) is 5.32 Å². The average molecular weight is 460 g/mol. The number of carbonyl (C=O) groups excluding carboxylic acids is 1. The largest absolute Gasteiger partial charge is 0.495 e. The molecule has 0 saturated heterocycles. The van der Waals surface area contributed by atoms with Gasteiger partial charge < -0.3 is 10.1 Å². The van der Waals surface area contributed by atoms with E-state index in [1.807, 2.05) is 74.5 Å². The third-order valence-electron chi connectivity index (χ3n) is 5.33. The van der Waals surface area contributed by atoms with Gasteiger partial charge in [-0.1, -0.05) is 60.3 Å². The number of aryl methyl sites for hydroxylation is 1. The van der Waals surface area contributed by atoms with Crippen LogP contribution in [0.4, 0.5) is 0 Å². The smallest absolute Gasteiger partial charge is 0.266 e. The van der Waals surface area contributed by atoms with Gasteiger partial charge in [0.25, 0.3) is 5.56 Å². The van der Waals surface area contributed by atoms with Crippen LogP contribution in [0.25, 0.3) is 16.6 Å². The van der Waals surface area contributed by atoms with Crippen LogP contribution in [-0.4, -0.2) is 28.3 Å². The van der Waals surface area contributed by atoms with Gasteiger partial charge in [-0.25, -0.2) is 4.98 Å². The molecule has 0 aliphatic heterocycles. The predicted octanol–water partition coefficient (Wildman–Crippen LogP) is 4.67. The number of methoxy groups -OCH3 is 1. The average Bonchev–Trinajstić information content (AvgIpc) is 2.83. The van der Waals surface area contributed by atoms with Crippen molar-refractivity contribution in [2.45, 2.75) is 25.0 Å². The lowest BCUT2D eigenvalue weighted by Gasteiger charge is -2.17. The number of fused-ring (bicyclic) bond motifs is 1. The highest BCUT2D eigenvalue weighted by atomic mass is 32.2. The lowest BCUT2D eigenvalue weighted by atomic mass is 10.1. The first kappa shape index (κ1) is 22.6. The van der Waals surface area contributed by atoms with Crippen LogP contribution in [0.5, 0.6) is 5.75 Å². The van der Waals surface area contributed by atoms with Gasteiger partial charge in [0.05, 0.1) is 35.5 Å². The molecule has 0 radical (unpaired) electrons. The fourth-order valence-corrected chi connectivity index (χ4v) is 4.45. The summed E-state index contributed by atoms with van der Waals surface area (Å²) < 4.78 is 7.06. The summed E-state index contributed by atoms with van der Waals surface area (Å²) in [5.74, 6) is 0.543. The second kappa shape index (κ2) is 9.92. The molecule has 0 unspecified atom stereocenters. The van der Waals surface area contributed by atoms with Crippen molar-refractivity contribution in [2.75, 3.05) is 12.9 Å². The summed E-state index contributed by atoms with van der Waals surface area (Å²) in [6, 6.07) is 22.5. The standard InChI is InChI=1S/C26H25N3O3S/c1-17-13-14-23(32-3)22(15-17)29-25(31)20-11-7-8-12-21(20)28-26(29)33-16-24(30)27-18(2)19-9-5-4-6-10-19/h4-15,18H,16H2,1-3H3,(H,27,30)/t18-/m0/s1. The van der Waals surface area contributed by atoms with E-state index in [0.717, 1.165) is 11.1 Å². The van der Waals surface area contributed by atoms with Gasteiger partial charge in [-0.2, -0.15) is 0 Å². The Bertz CT molecular complexity index is 1350. The summed E-state index contributed by atoms with van der Waals surface area (Å²) in [5.41, 5.74) is 3.00. The molecule has 4 rings (SSSR count). The summed E-state index contributed by atoms with van der Waals surface area (Å²) in [7, 11) is 1.57. The first-order valence-electron chi connectivity index (χ1n) is 10.6. The van der Waals surface area contributed by atoms with Crippen molar-refractivity contribution in [3.8, 4) is 11.4 Å². The molecule has 4 aromatic rings. The molecule has 1 aromatic heterocycles. The Labute approximate surface area is 196 Å². The summed E-state index contributed by atoms with van der Waals surface area (Å²) in [6.45, 7) is 3.90. The van der Waals surface area contributed by atoms with Crippen LogP contribution >= 0.6 is 11.8 Å². The van der Waals surface area contributed by atoms with E-state index in [0.29, 0.717) is 27.5 Å². The molecule has 168 valence electrons. The van der Waals surface area contributed by atoms with Crippen molar-refractivity contribution >= 4 is 28.6 Å². The van der Waals surface area contributed by atoms with Gasteiger partial charge >= 0.3 is 0 Å². The summed E-state index contributed by atoms with van der Waals surface area (Å²) in [5, 5.41) is 3.95. The van der Waals surface area contributed by atoms with Gasteiger partial charge in [0.1, 0.15) is 5.75 Å². The maximum absolute atomic E-state index is 13.5. The first-order chi connectivity index (χ1) is 16.0. The molecule has 0 saturated carbocycles. The molecule has 0 aliphatic rings. The van der Waals surface area contributed by atoms with E-state index in [1.165, 1.54) is 16.3 Å². The monoisotopic (exact) mass is 459 g/mol. The number of hydrogen-bond donors (Lipinski definition) is 1. The predicted molar refractivity (Wildman–Crippen MR) is 132 cm³/mol. The Kier molecular flexibility index (Phi) is 6.79. The second-order valence-electron chi connectivity index (χ2n) is 7.72. The van der Waals surface area contributed by atoms with Crippen LogP contribution < -0.4 is 15.6 Å². The van der Waals surface area contributed by atoms with Crippen molar-refractivity contribution in [1.82, 2.24) is 14.9 Å². The molecule has 0 spiro atoms. The van der Waals surface area contributed by atoms with Crippen LogP contribution in [0.2, 0.25) is 0 Å². The van der Waals surface area contributed by atoms with Gasteiger partial charge in [-0.05, 0) is 49.2 Å². The van der Waals surface area contributed by atoms with E-state index in [9.17, 15) is 9.59 Å². The minimum atomic E-state index is -0.204. The SMILES string of the molecule is COc1ccc(C)cc1-n1c(SCC(=O)N[C@@H](C)c2ccccc2)nc2ccccc2c1=O. The van der Waals surface area contributed by atoms with Crippen LogP contribution in [-0.2, 0) is 4.79 Å². The number of hydrogen-bond acceptors (Lipinski definition) is 5. The zero-order chi connectivity index (χ0) is 23.4. The number of benzene rings is 3. The topological polar surface area (TPSA) is 73.2 Å². The molecule has 3 aromatic carbocycles. The van der Waals surface area contributed by atoms with Crippen molar-refractivity contribution < 1.29 is 9.53 Å². The molecular weight excluding hydrogens is 434 g/mol. The highest BCUT2D eigenvalue weighted by Crippen LogP contribution is 2.28. The maximum Gasteiger partial charge on any atom is 0.266 e. The lowest BCUT2D eigenvalue weighted by molar-refractivity contribution is -0.119. The van der Waals surface area contributed by atoms with Gasteiger partial charge in [-0.3, -0.25) is 14.2 Å². The Morgan fingerprint density at radius 1 is 1.09 bits per heavy atom. The van der Waals surface area contributed by atoms with Crippen molar-refractivity contribution in [2.24, 2.45) is 0 Å². The molecule has 0 bridgehead atoms.